The molecule has 1 unspecified atom stereocenters. The second-order valence-corrected chi connectivity index (χ2v) is 11.0. The number of aryl methyl sites for hydroxylation is 2. The second kappa shape index (κ2) is 7.59. The van der Waals surface area contributed by atoms with Crippen molar-refractivity contribution in [2.45, 2.75) is 66.2 Å². The normalized spacial score (nSPS) is 16.8. The molecule has 0 amide bonds. The van der Waals surface area contributed by atoms with Gasteiger partial charge in [-0.1, -0.05) is 46.2 Å². The number of unbranched alkanes of at least 4 members (excludes halogenated alkanes) is 1. The molecule has 3 aromatic heterocycles. The Hall–Kier alpha value is -2.47. The molecule has 0 N–H and O–H groups in total. The van der Waals surface area contributed by atoms with Crippen LogP contribution in [0.25, 0.3) is 21.7 Å². The van der Waals surface area contributed by atoms with Gasteiger partial charge in [-0.3, -0.25) is 9.20 Å². The van der Waals surface area contributed by atoms with Gasteiger partial charge in [0.25, 0.3) is 5.56 Å². The van der Waals surface area contributed by atoms with Gasteiger partial charge in [-0.2, -0.15) is 0 Å². The molecular weight excluding hydrogens is 404 g/mol. The molecule has 5 rings (SSSR count). The Bertz CT molecular complexity index is 1300. The van der Waals surface area contributed by atoms with Gasteiger partial charge >= 0.3 is 0 Å². The molecule has 0 radical (unpaired) electrons. The first-order valence-electron chi connectivity index (χ1n) is 11.4. The number of benzene rings is 1. The van der Waals surface area contributed by atoms with Crippen molar-refractivity contribution in [3.63, 3.8) is 0 Å². The van der Waals surface area contributed by atoms with E-state index in [0.717, 1.165) is 41.6 Å². The molecule has 5 nitrogen and oxygen atoms in total. The molecule has 1 aliphatic rings. The molecule has 1 atom stereocenters. The molecule has 6 heteroatoms. The lowest BCUT2D eigenvalue weighted by Crippen LogP contribution is -2.27. The van der Waals surface area contributed by atoms with Gasteiger partial charge in [-0.25, -0.2) is 4.57 Å². The maximum absolute atomic E-state index is 13.8. The summed E-state index contributed by atoms with van der Waals surface area (Å²) in [5.41, 5.74) is 3.71. The predicted molar refractivity (Wildman–Crippen MR) is 128 cm³/mol. The molecule has 0 saturated heterocycles. The third-order valence-corrected chi connectivity index (χ3v) is 8.10. The summed E-state index contributed by atoms with van der Waals surface area (Å²) in [7, 11) is 0. The zero-order valence-corrected chi connectivity index (χ0v) is 19.6. The van der Waals surface area contributed by atoms with E-state index >= 15 is 0 Å². The van der Waals surface area contributed by atoms with Crippen molar-refractivity contribution < 1.29 is 0 Å². The molecule has 162 valence electrons. The lowest BCUT2D eigenvalue weighted by atomic mass is 9.72. The van der Waals surface area contributed by atoms with Crippen LogP contribution >= 0.6 is 11.3 Å². The van der Waals surface area contributed by atoms with Crippen LogP contribution in [0.1, 0.15) is 63.0 Å². The minimum absolute atomic E-state index is 0.0310. The van der Waals surface area contributed by atoms with Crippen LogP contribution in [-0.2, 0) is 19.3 Å². The highest BCUT2D eigenvalue weighted by Crippen LogP contribution is 2.42. The van der Waals surface area contributed by atoms with Gasteiger partial charge in [0.2, 0.25) is 5.78 Å². The fourth-order valence-electron chi connectivity index (χ4n) is 4.85. The number of hydrogen-bond acceptors (Lipinski definition) is 4. The SMILES string of the molecule is CCCCc1ccc(-n2c(=O)c3c4c(sc3n3cnnc23)CC(C(C)(C)C)CC4)cc1. The number of thiophene rings is 1. The minimum Gasteiger partial charge on any atom is -0.268 e. The standard InChI is InChI=1S/C25H30N4OS/c1-5-6-7-16-8-11-18(12-9-16)29-22(30)21-19-13-10-17(25(2,3)4)14-20(19)31-23(21)28-15-26-27-24(28)29/h8-9,11-12,15,17H,5-7,10,13-14H2,1-4H3. The molecule has 4 aromatic rings. The third kappa shape index (κ3) is 3.41. The van der Waals surface area contributed by atoms with Crippen LogP contribution in [0.3, 0.4) is 0 Å². The molecule has 3 heterocycles. The van der Waals surface area contributed by atoms with E-state index in [1.54, 1.807) is 22.2 Å². The van der Waals surface area contributed by atoms with Gasteiger partial charge in [-0.05, 0) is 66.7 Å². The van der Waals surface area contributed by atoms with Gasteiger partial charge in [0.15, 0.2) is 0 Å². The number of aromatic nitrogens is 4. The van der Waals surface area contributed by atoms with E-state index in [2.05, 4.69) is 50.0 Å². The number of hydrogen-bond donors (Lipinski definition) is 0. The van der Waals surface area contributed by atoms with Crippen molar-refractivity contribution in [2.75, 3.05) is 0 Å². The van der Waals surface area contributed by atoms with Gasteiger partial charge in [-0.15, -0.1) is 21.5 Å². The minimum atomic E-state index is 0.0310. The van der Waals surface area contributed by atoms with Crippen LogP contribution in [0.2, 0.25) is 0 Å². The summed E-state index contributed by atoms with van der Waals surface area (Å²) in [4.78, 5) is 16.1. The Balaban J connectivity index is 1.68. The first kappa shape index (κ1) is 20.4. The van der Waals surface area contributed by atoms with Crippen LogP contribution in [0.15, 0.2) is 35.4 Å². The zero-order chi connectivity index (χ0) is 21.8. The first-order chi connectivity index (χ1) is 14.9. The second-order valence-electron chi connectivity index (χ2n) is 9.90. The molecule has 0 saturated carbocycles. The monoisotopic (exact) mass is 434 g/mol. The van der Waals surface area contributed by atoms with E-state index in [0.29, 0.717) is 11.7 Å². The number of nitrogens with zero attached hydrogens (tertiary/aromatic N) is 4. The Kier molecular flexibility index (Phi) is 5.00. The maximum Gasteiger partial charge on any atom is 0.268 e. The molecule has 0 fully saturated rings. The number of fused-ring (bicyclic) bond motifs is 5. The van der Waals surface area contributed by atoms with E-state index in [4.69, 9.17) is 0 Å². The first-order valence-corrected chi connectivity index (χ1v) is 12.2. The molecule has 1 aliphatic carbocycles. The fourth-order valence-corrected chi connectivity index (χ4v) is 6.24. The highest BCUT2D eigenvalue weighted by Gasteiger charge is 2.32. The van der Waals surface area contributed by atoms with Gasteiger partial charge in [0, 0.05) is 4.88 Å². The van der Waals surface area contributed by atoms with E-state index in [-0.39, 0.29) is 11.0 Å². The molecular formula is C25H30N4OS. The van der Waals surface area contributed by atoms with Crippen molar-refractivity contribution in [1.82, 2.24) is 19.2 Å². The van der Waals surface area contributed by atoms with Gasteiger partial charge < -0.3 is 0 Å². The zero-order valence-electron chi connectivity index (χ0n) is 18.8. The predicted octanol–water partition coefficient (Wildman–Crippen LogP) is 5.59. The van der Waals surface area contributed by atoms with Crippen molar-refractivity contribution in [3.8, 4) is 5.69 Å². The van der Waals surface area contributed by atoms with Crippen LogP contribution in [0.5, 0.6) is 0 Å². The third-order valence-electron chi connectivity index (χ3n) is 6.85. The van der Waals surface area contributed by atoms with E-state index < -0.39 is 0 Å². The Labute approximate surface area is 186 Å². The van der Waals surface area contributed by atoms with Crippen molar-refractivity contribution in [2.24, 2.45) is 11.3 Å². The highest BCUT2D eigenvalue weighted by atomic mass is 32.1. The van der Waals surface area contributed by atoms with E-state index in [1.807, 2.05) is 16.5 Å². The summed E-state index contributed by atoms with van der Waals surface area (Å²) in [6.45, 7) is 9.18. The van der Waals surface area contributed by atoms with Crippen LogP contribution in [-0.4, -0.2) is 19.2 Å². The Morgan fingerprint density at radius 1 is 1.19 bits per heavy atom. The largest absolute Gasteiger partial charge is 0.268 e. The Morgan fingerprint density at radius 2 is 1.97 bits per heavy atom. The average Bonchev–Trinajstić information content (AvgIpc) is 3.37. The Morgan fingerprint density at radius 3 is 2.68 bits per heavy atom. The van der Waals surface area contributed by atoms with Crippen LogP contribution < -0.4 is 5.56 Å². The fraction of sp³-hybridized carbons (Fsp3) is 0.480. The van der Waals surface area contributed by atoms with E-state index in [1.165, 1.54) is 28.8 Å². The summed E-state index contributed by atoms with van der Waals surface area (Å²) in [6, 6.07) is 8.35. The average molecular weight is 435 g/mol. The maximum atomic E-state index is 13.8. The summed E-state index contributed by atoms with van der Waals surface area (Å²) in [6.07, 6.45) is 8.32. The molecule has 0 aliphatic heterocycles. The van der Waals surface area contributed by atoms with Crippen LogP contribution in [0, 0.1) is 11.3 Å². The molecule has 1 aromatic carbocycles. The highest BCUT2D eigenvalue weighted by molar-refractivity contribution is 7.18. The van der Waals surface area contributed by atoms with Gasteiger partial charge in [0.05, 0.1) is 11.1 Å². The lowest BCUT2D eigenvalue weighted by molar-refractivity contribution is 0.218. The topological polar surface area (TPSA) is 52.2 Å². The summed E-state index contributed by atoms with van der Waals surface area (Å²) in [5.74, 6) is 1.23. The number of rotatable bonds is 4. The molecule has 0 bridgehead atoms. The summed E-state index contributed by atoms with van der Waals surface area (Å²) in [5, 5.41) is 9.33. The van der Waals surface area contributed by atoms with Crippen molar-refractivity contribution >= 4 is 27.3 Å². The van der Waals surface area contributed by atoms with Gasteiger partial charge in [0.1, 0.15) is 11.2 Å². The molecule has 31 heavy (non-hydrogen) atoms. The summed E-state index contributed by atoms with van der Waals surface area (Å²) < 4.78 is 3.73. The quantitative estimate of drug-likeness (QED) is 0.421. The van der Waals surface area contributed by atoms with E-state index in [9.17, 15) is 4.79 Å². The van der Waals surface area contributed by atoms with Crippen LogP contribution in [0.4, 0.5) is 0 Å². The summed E-state index contributed by atoms with van der Waals surface area (Å²) >= 11 is 1.75. The van der Waals surface area contributed by atoms with Crippen molar-refractivity contribution in [3.05, 3.63) is 57.0 Å². The smallest absolute Gasteiger partial charge is 0.268 e. The molecule has 0 spiro atoms. The lowest BCUT2D eigenvalue weighted by Gasteiger charge is -2.33. The van der Waals surface area contributed by atoms with Crippen molar-refractivity contribution in [1.29, 1.82) is 0 Å².